The highest BCUT2D eigenvalue weighted by Gasteiger charge is 2.11. The van der Waals surface area contributed by atoms with Gasteiger partial charge in [-0.3, -0.25) is 14.6 Å². The Hall–Kier alpha value is -2.95. The maximum Gasteiger partial charge on any atom is 0.253 e. The topological polar surface area (TPSA) is 74.8 Å². The van der Waals surface area contributed by atoms with E-state index in [0.717, 1.165) is 22.0 Å². The second kappa shape index (κ2) is 6.04. The van der Waals surface area contributed by atoms with Crippen LogP contribution < -0.4 is 10.9 Å². The smallest absolute Gasteiger partial charge is 0.253 e. The van der Waals surface area contributed by atoms with Gasteiger partial charge in [-0.15, -0.1) is 0 Å². The van der Waals surface area contributed by atoms with Crippen LogP contribution in [0.25, 0.3) is 10.9 Å². The molecule has 1 amide bonds. The molecule has 116 valence electrons. The van der Waals surface area contributed by atoms with Crippen molar-refractivity contribution in [3.63, 3.8) is 0 Å². The number of amides is 1. The third-order valence-corrected chi connectivity index (χ3v) is 3.70. The van der Waals surface area contributed by atoms with E-state index in [1.807, 2.05) is 38.1 Å². The van der Waals surface area contributed by atoms with Crippen LogP contribution in [0, 0.1) is 13.8 Å². The Morgan fingerprint density at radius 1 is 1.17 bits per heavy atom. The average molecular weight is 307 g/mol. The third kappa shape index (κ3) is 3.29. The van der Waals surface area contributed by atoms with E-state index in [-0.39, 0.29) is 11.5 Å². The van der Waals surface area contributed by atoms with Gasteiger partial charge in [-0.05, 0) is 43.7 Å². The Kier molecular flexibility index (Phi) is 3.93. The van der Waals surface area contributed by atoms with Crippen molar-refractivity contribution in [3.8, 4) is 0 Å². The lowest BCUT2D eigenvalue weighted by molar-refractivity contribution is 0.0950. The summed E-state index contributed by atoms with van der Waals surface area (Å²) in [6, 6.07) is 11.1. The van der Waals surface area contributed by atoms with Crippen molar-refractivity contribution in [3.05, 3.63) is 75.3 Å². The fraction of sp³-hybridized carbons (Fsp3) is 0.167. The first-order chi connectivity index (χ1) is 11.0. The number of nitrogens with one attached hydrogen (secondary N) is 2. The Morgan fingerprint density at radius 3 is 2.78 bits per heavy atom. The minimum absolute atomic E-state index is 0.184. The molecule has 3 aromatic rings. The number of hydrogen-bond acceptors (Lipinski definition) is 3. The van der Waals surface area contributed by atoms with Crippen LogP contribution in [0.1, 0.15) is 27.2 Å². The number of carbonyl (C=O) groups is 1. The lowest BCUT2D eigenvalue weighted by Gasteiger charge is -2.09. The van der Waals surface area contributed by atoms with E-state index in [4.69, 9.17) is 0 Å². The highest BCUT2D eigenvalue weighted by molar-refractivity contribution is 5.98. The summed E-state index contributed by atoms with van der Waals surface area (Å²) in [5.41, 5.74) is 3.80. The highest BCUT2D eigenvalue weighted by Crippen LogP contribution is 2.18. The number of fused-ring (bicyclic) bond motifs is 1. The molecule has 2 heterocycles. The number of H-pyrrole nitrogens is 1. The van der Waals surface area contributed by atoms with E-state index < -0.39 is 0 Å². The second-order valence-corrected chi connectivity index (χ2v) is 5.56. The molecule has 0 aliphatic heterocycles. The van der Waals surface area contributed by atoms with Gasteiger partial charge in [-0.25, -0.2) is 0 Å². The molecule has 0 saturated heterocycles. The van der Waals surface area contributed by atoms with Crippen molar-refractivity contribution in [1.29, 1.82) is 0 Å². The quantitative estimate of drug-likeness (QED) is 0.780. The molecule has 0 aliphatic rings. The number of hydrogen-bond donors (Lipinski definition) is 2. The van der Waals surface area contributed by atoms with Crippen molar-refractivity contribution in [2.45, 2.75) is 20.4 Å². The van der Waals surface area contributed by atoms with Gasteiger partial charge in [0.1, 0.15) is 0 Å². The van der Waals surface area contributed by atoms with Crippen LogP contribution in [0.2, 0.25) is 0 Å². The number of aryl methyl sites for hydroxylation is 2. The van der Waals surface area contributed by atoms with Crippen LogP contribution >= 0.6 is 0 Å². The number of aromatic amines is 1. The van der Waals surface area contributed by atoms with Crippen molar-refractivity contribution < 1.29 is 4.79 Å². The Balaban J connectivity index is 1.85. The van der Waals surface area contributed by atoms with E-state index in [1.54, 1.807) is 12.3 Å². The largest absolute Gasteiger partial charge is 0.348 e. The van der Waals surface area contributed by atoms with E-state index in [2.05, 4.69) is 15.3 Å². The third-order valence-electron chi connectivity index (χ3n) is 3.70. The van der Waals surface area contributed by atoms with Crippen LogP contribution in [0.5, 0.6) is 0 Å². The molecular formula is C18H17N3O2. The maximum atomic E-state index is 12.4. The number of carbonyl (C=O) groups excluding carboxylic acids is 1. The molecule has 1 aromatic carbocycles. The predicted octanol–water partition coefficient (Wildman–Crippen LogP) is 2.47. The first kappa shape index (κ1) is 15.0. The molecule has 0 unspecified atom stereocenters. The zero-order valence-corrected chi connectivity index (χ0v) is 13.0. The number of pyridine rings is 2. The minimum atomic E-state index is -0.196. The fourth-order valence-corrected chi connectivity index (χ4v) is 2.50. The average Bonchev–Trinajstić information content (AvgIpc) is 2.52. The Bertz CT molecular complexity index is 944. The van der Waals surface area contributed by atoms with Crippen LogP contribution in [-0.4, -0.2) is 15.9 Å². The van der Waals surface area contributed by atoms with E-state index in [0.29, 0.717) is 17.8 Å². The normalized spacial score (nSPS) is 10.7. The van der Waals surface area contributed by atoms with Gasteiger partial charge in [0.2, 0.25) is 5.56 Å². The molecular weight excluding hydrogens is 290 g/mol. The summed E-state index contributed by atoms with van der Waals surface area (Å²) in [6.45, 7) is 4.13. The summed E-state index contributed by atoms with van der Waals surface area (Å²) in [7, 11) is 0. The number of aromatic nitrogens is 2. The molecule has 0 fully saturated rings. The molecule has 23 heavy (non-hydrogen) atoms. The van der Waals surface area contributed by atoms with Crippen LogP contribution in [0.4, 0.5) is 0 Å². The zero-order valence-electron chi connectivity index (χ0n) is 13.0. The van der Waals surface area contributed by atoms with Crippen LogP contribution in [0.15, 0.2) is 47.4 Å². The van der Waals surface area contributed by atoms with Gasteiger partial charge in [0, 0.05) is 24.2 Å². The summed E-state index contributed by atoms with van der Waals surface area (Å²) in [6.07, 6.45) is 1.56. The molecule has 5 heteroatoms. The second-order valence-electron chi connectivity index (χ2n) is 5.56. The summed E-state index contributed by atoms with van der Waals surface area (Å²) in [4.78, 5) is 30.7. The first-order valence-corrected chi connectivity index (χ1v) is 7.37. The maximum absolute atomic E-state index is 12.4. The molecule has 2 N–H and O–H groups in total. The van der Waals surface area contributed by atoms with Crippen molar-refractivity contribution in [2.75, 3.05) is 0 Å². The monoisotopic (exact) mass is 307 g/mol. The molecule has 0 bridgehead atoms. The Labute approximate surface area is 133 Å². The molecule has 0 saturated carbocycles. The number of nitrogens with zero attached hydrogens (tertiary/aromatic N) is 1. The standard InChI is InChI=1S/C18H17N3O2/c1-11-3-4-16-14(7-11)9-15(12(2)21-16)18(23)20-10-13-5-6-19-17(22)8-13/h3-9H,10H2,1-2H3,(H,19,22)(H,20,23). The van der Waals surface area contributed by atoms with Gasteiger partial charge in [0.15, 0.2) is 0 Å². The summed E-state index contributed by atoms with van der Waals surface area (Å²) < 4.78 is 0. The lowest BCUT2D eigenvalue weighted by Crippen LogP contribution is -2.24. The molecule has 0 spiro atoms. The van der Waals surface area contributed by atoms with Gasteiger partial charge in [0.05, 0.1) is 16.8 Å². The van der Waals surface area contributed by atoms with Gasteiger partial charge >= 0.3 is 0 Å². The summed E-state index contributed by atoms with van der Waals surface area (Å²) >= 11 is 0. The van der Waals surface area contributed by atoms with Gasteiger partial charge < -0.3 is 10.3 Å². The van der Waals surface area contributed by atoms with Crippen LogP contribution in [-0.2, 0) is 6.54 Å². The molecule has 5 nitrogen and oxygen atoms in total. The first-order valence-electron chi connectivity index (χ1n) is 7.37. The van der Waals surface area contributed by atoms with E-state index in [9.17, 15) is 9.59 Å². The van der Waals surface area contributed by atoms with E-state index in [1.165, 1.54) is 6.07 Å². The molecule has 3 rings (SSSR count). The van der Waals surface area contributed by atoms with Gasteiger partial charge in [0.25, 0.3) is 5.91 Å². The SMILES string of the molecule is Cc1ccc2nc(C)c(C(=O)NCc3cc[nH]c(=O)c3)cc2c1. The van der Waals surface area contributed by atoms with Gasteiger partial charge in [-0.2, -0.15) is 0 Å². The van der Waals surface area contributed by atoms with Gasteiger partial charge in [-0.1, -0.05) is 11.6 Å². The summed E-state index contributed by atoms with van der Waals surface area (Å²) in [5, 5.41) is 3.77. The number of rotatable bonds is 3. The highest BCUT2D eigenvalue weighted by atomic mass is 16.1. The van der Waals surface area contributed by atoms with Crippen molar-refractivity contribution in [2.24, 2.45) is 0 Å². The minimum Gasteiger partial charge on any atom is -0.348 e. The number of benzene rings is 1. The summed E-state index contributed by atoms with van der Waals surface area (Å²) in [5.74, 6) is -0.196. The molecule has 0 aliphatic carbocycles. The van der Waals surface area contributed by atoms with Crippen LogP contribution in [0.3, 0.4) is 0 Å². The van der Waals surface area contributed by atoms with E-state index >= 15 is 0 Å². The fourth-order valence-electron chi connectivity index (χ4n) is 2.50. The molecule has 2 aromatic heterocycles. The van der Waals surface area contributed by atoms with Crippen molar-refractivity contribution >= 4 is 16.8 Å². The predicted molar refractivity (Wildman–Crippen MR) is 89.4 cm³/mol. The Morgan fingerprint density at radius 2 is 2.00 bits per heavy atom. The van der Waals surface area contributed by atoms with Crippen molar-refractivity contribution in [1.82, 2.24) is 15.3 Å². The lowest BCUT2D eigenvalue weighted by atomic mass is 10.1. The zero-order chi connectivity index (χ0) is 16.4. The molecule has 0 radical (unpaired) electrons. The molecule has 0 atom stereocenters.